The van der Waals surface area contributed by atoms with Gasteiger partial charge in [0, 0.05) is 36.8 Å². The zero-order chi connectivity index (χ0) is 27.0. The number of pyridine rings is 1. The first-order chi connectivity index (χ1) is 17.3. The van der Waals surface area contributed by atoms with Crippen LogP contribution in [0.15, 0.2) is 53.6 Å². The molecule has 3 heterocycles. The van der Waals surface area contributed by atoms with E-state index in [1.165, 1.54) is 12.1 Å². The zero-order valence-electron chi connectivity index (χ0n) is 19.4. The minimum absolute atomic E-state index is 0.0706. The molecule has 0 saturated carbocycles. The maximum Gasteiger partial charge on any atom is 0.433 e. The summed E-state index contributed by atoms with van der Waals surface area (Å²) in [5, 5.41) is 0. The molecule has 0 N–H and O–H groups in total. The van der Waals surface area contributed by atoms with Gasteiger partial charge in [0.05, 0.1) is 16.6 Å². The summed E-state index contributed by atoms with van der Waals surface area (Å²) in [6.07, 6.45) is -5.47. The van der Waals surface area contributed by atoms with Crippen LogP contribution in [0.3, 0.4) is 0 Å². The number of aromatic nitrogens is 3. The third-order valence-corrected chi connectivity index (χ3v) is 7.75. The predicted octanol–water partition coefficient (Wildman–Crippen LogP) is 4.31. The molecule has 0 amide bonds. The molecule has 1 aliphatic rings. The average molecular weight is 541 g/mol. The van der Waals surface area contributed by atoms with Crippen molar-refractivity contribution in [1.29, 1.82) is 0 Å². The Kier molecular flexibility index (Phi) is 7.38. The van der Waals surface area contributed by atoms with Crippen molar-refractivity contribution in [1.82, 2.24) is 19.3 Å². The Labute approximate surface area is 209 Å². The van der Waals surface area contributed by atoms with Crippen LogP contribution in [-0.2, 0) is 27.4 Å². The molecule has 1 aliphatic heterocycles. The van der Waals surface area contributed by atoms with Crippen LogP contribution in [0.1, 0.15) is 30.1 Å². The fourth-order valence-electron chi connectivity index (χ4n) is 4.09. The van der Waals surface area contributed by atoms with Gasteiger partial charge in [-0.1, -0.05) is 0 Å². The van der Waals surface area contributed by atoms with E-state index in [1.54, 1.807) is 6.92 Å². The van der Waals surface area contributed by atoms with Crippen molar-refractivity contribution < 1.29 is 35.2 Å². The first-order valence-electron chi connectivity index (χ1n) is 11.2. The number of nitrogens with zero attached hydrogens (tertiary/aromatic N) is 4. The van der Waals surface area contributed by atoms with Crippen LogP contribution in [0.25, 0.3) is 11.3 Å². The van der Waals surface area contributed by atoms with Gasteiger partial charge in [-0.15, -0.1) is 0 Å². The highest BCUT2D eigenvalue weighted by Gasteiger charge is 2.43. The van der Waals surface area contributed by atoms with Crippen molar-refractivity contribution in [2.75, 3.05) is 6.54 Å². The molecule has 2 atom stereocenters. The number of sulfonamides is 1. The molecule has 1 fully saturated rings. The molecule has 37 heavy (non-hydrogen) atoms. The van der Waals surface area contributed by atoms with Gasteiger partial charge in [0.25, 0.3) is 0 Å². The minimum Gasteiger partial charge on any atom is -0.298 e. The molecule has 0 bridgehead atoms. The van der Waals surface area contributed by atoms with E-state index in [0.29, 0.717) is 22.8 Å². The lowest BCUT2D eigenvalue weighted by Crippen LogP contribution is -2.40. The van der Waals surface area contributed by atoms with Crippen LogP contribution in [0, 0.1) is 12.7 Å². The van der Waals surface area contributed by atoms with Crippen LogP contribution in [0.4, 0.5) is 22.0 Å². The van der Waals surface area contributed by atoms with Crippen LogP contribution in [0.5, 0.6) is 0 Å². The summed E-state index contributed by atoms with van der Waals surface area (Å²) < 4.78 is 92.6. The maximum atomic E-state index is 14.2. The molecular weight excluding hydrogens is 519 g/mol. The van der Waals surface area contributed by atoms with Gasteiger partial charge in [-0.25, -0.2) is 27.2 Å². The van der Waals surface area contributed by atoms with E-state index in [9.17, 15) is 35.2 Å². The second kappa shape index (κ2) is 10.2. The largest absolute Gasteiger partial charge is 0.433 e. The Bertz CT molecular complexity index is 1400. The number of carbonyl (C=O) groups excluding carboxylic acids is 1. The van der Waals surface area contributed by atoms with E-state index in [0.717, 1.165) is 40.8 Å². The smallest absolute Gasteiger partial charge is 0.298 e. The highest BCUT2D eigenvalue weighted by atomic mass is 32.2. The Morgan fingerprint density at radius 2 is 1.81 bits per heavy atom. The lowest BCUT2D eigenvalue weighted by molar-refractivity contribution is -0.141. The molecule has 13 heteroatoms. The maximum absolute atomic E-state index is 14.2. The van der Waals surface area contributed by atoms with E-state index in [4.69, 9.17) is 0 Å². The molecule has 4 rings (SSSR count). The summed E-state index contributed by atoms with van der Waals surface area (Å²) in [6, 6.07) is 6.38. The monoisotopic (exact) mass is 540 g/mol. The number of rotatable bonds is 7. The quantitative estimate of drug-likeness (QED) is 0.415. The number of halogens is 5. The third kappa shape index (κ3) is 5.99. The number of alkyl halides is 4. The summed E-state index contributed by atoms with van der Waals surface area (Å²) in [5.41, 5.74) is -0.0192. The Morgan fingerprint density at radius 3 is 2.43 bits per heavy atom. The first kappa shape index (κ1) is 26.7. The minimum atomic E-state index is -4.58. The number of hydrogen-bond acceptors (Lipinski definition) is 6. The van der Waals surface area contributed by atoms with Crippen LogP contribution >= 0.6 is 0 Å². The highest BCUT2D eigenvalue weighted by molar-refractivity contribution is 7.89. The van der Waals surface area contributed by atoms with E-state index < -0.39 is 52.3 Å². The standard InChI is InChI=1S/C24H21F5N4O3S/c1-14-31-18(11-20(32-14)15-2-9-23(30-12-15)24(27,28)29)5-8-22(34)21-10-17(26)13-33(21)37(35,36)19-6-3-16(25)4-7-19/h2-4,6-7,9,11-12,17,21H,5,8,10,13H2,1H3/t17-,21+/m1/s1. The molecule has 1 saturated heterocycles. The van der Waals surface area contributed by atoms with Gasteiger partial charge in [0.2, 0.25) is 10.0 Å². The van der Waals surface area contributed by atoms with Crippen molar-refractivity contribution in [2.45, 2.75) is 49.5 Å². The third-order valence-electron chi connectivity index (χ3n) is 5.86. The van der Waals surface area contributed by atoms with E-state index >= 15 is 0 Å². The fourth-order valence-corrected chi connectivity index (χ4v) is 5.74. The van der Waals surface area contributed by atoms with Gasteiger partial charge in [-0.2, -0.15) is 17.5 Å². The molecular formula is C24H21F5N4O3S. The number of benzene rings is 1. The molecule has 0 spiro atoms. The number of Topliss-reactive ketones (excluding diaryl/α,β-unsaturated/α-hetero) is 1. The van der Waals surface area contributed by atoms with Gasteiger partial charge in [-0.3, -0.25) is 9.78 Å². The van der Waals surface area contributed by atoms with E-state index in [2.05, 4.69) is 15.0 Å². The summed E-state index contributed by atoms with van der Waals surface area (Å²) in [4.78, 5) is 24.6. The second-order valence-electron chi connectivity index (χ2n) is 8.57. The molecule has 7 nitrogen and oxygen atoms in total. The van der Waals surface area contributed by atoms with Gasteiger partial charge in [0.15, 0.2) is 5.78 Å². The van der Waals surface area contributed by atoms with Crippen LogP contribution in [-0.4, -0.2) is 52.2 Å². The molecule has 0 radical (unpaired) electrons. The lowest BCUT2D eigenvalue weighted by Gasteiger charge is -2.22. The van der Waals surface area contributed by atoms with E-state index in [1.807, 2.05) is 0 Å². The number of ketones is 1. The molecule has 0 unspecified atom stereocenters. The zero-order valence-corrected chi connectivity index (χ0v) is 20.2. The second-order valence-corrected chi connectivity index (χ2v) is 10.5. The normalized spacial score (nSPS) is 18.8. The molecule has 1 aromatic carbocycles. The Hall–Kier alpha value is -3.32. The summed E-state index contributed by atoms with van der Waals surface area (Å²) in [7, 11) is -4.24. The number of carbonyl (C=O) groups is 1. The summed E-state index contributed by atoms with van der Waals surface area (Å²) >= 11 is 0. The Balaban J connectivity index is 1.50. The SMILES string of the molecule is Cc1nc(CCC(=O)[C@@H]2C[C@@H](F)CN2S(=O)(=O)c2ccc(F)cc2)cc(-c2ccc(C(F)(F)F)nc2)n1. The summed E-state index contributed by atoms with van der Waals surface area (Å²) in [5.74, 6) is -0.840. The highest BCUT2D eigenvalue weighted by Crippen LogP contribution is 2.30. The fraction of sp³-hybridized carbons (Fsp3) is 0.333. The average Bonchev–Trinajstić information content (AvgIpc) is 3.25. The van der Waals surface area contributed by atoms with Crippen molar-refractivity contribution in [3.63, 3.8) is 0 Å². The van der Waals surface area contributed by atoms with Gasteiger partial charge < -0.3 is 0 Å². The van der Waals surface area contributed by atoms with Crippen molar-refractivity contribution in [3.05, 3.63) is 71.7 Å². The van der Waals surface area contributed by atoms with Crippen molar-refractivity contribution >= 4 is 15.8 Å². The van der Waals surface area contributed by atoms with Gasteiger partial charge >= 0.3 is 6.18 Å². The molecule has 0 aliphatic carbocycles. The van der Waals surface area contributed by atoms with Crippen molar-refractivity contribution in [2.24, 2.45) is 0 Å². The number of hydrogen-bond donors (Lipinski definition) is 0. The van der Waals surface area contributed by atoms with Gasteiger partial charge in [0.1, 0.15) is 23.5 Å². The topological polar surface area (TPSA) is 93.1 Å². The molecule has 196 valence electrons. The van der Waals surface area contributed by atoms with Crippen LogP contribution in [0.2, 0.25) is 0 Å². The molecule has 2 aromatic heterocycles. The predicted molar refractivity (Wildman–Crippen MR) is 122 cm³/mol. The lowest BCUT2D eigenvalue weighted by atomic mass is 10.0. The van der Waals surface area contributed by atoms with Crippen LogP contribution < -0.4 is 0 Å². The summed E-state index contributed by atoms with van der Waals surface area (Å²) in [6.45, 7) is 1.09. The first-order valence-corrected chi connectivity index (χ1v) is 12.6. The van der Waals surface area contributed by atoms with Gasteiger partial charge in [-0.05, 0) is 55.8 Å². The molecule has 3 aromatic rings. The van der Waals surface area contributed by atoms with E-state index in [-0.39, 0.29) is 24.2 Å². The number of aryl methyl sites for hydroxylation is 2. The Morgan fingerprint density at radius 1 is 1.11 bits per heavy atom. The van der Waals surface area contributed by atoms with Crippen molar-refractivity contribution in [3.8, 4) is 11.3 Å².